The Morgan fingerprint density at radius 3 is 2.33 bits per heavy atom. The number of piperazine rings is 1. The van der Waals surface area contributed by atoms with Gasteiger partial charge >= 0.3 is 0 Å². The summed E-state index contributed by atoms with van der Waals surface area (Å²) in [5.41, 5.74) is 1.09. The number of pyridine rings is 1. The van der Waals surface area contributed by atoms with Crippen molar-refractivity contribution in [3.05, 3.63) is 52.4 Å². The fraction of sp³-hybridized carbons (Fsp3) is 0.267. The highest BCUT2D eigenvalue weighted by Gasteiger charge is 2.21. The van der Waals surface area contributed by atoms with Crippen LogP contribution in [0.15, 0.2) is 36.5 Å². The van der Waals surface area contributed by atoms with Crippen molar-refractivity contribution in [1.29, 1.82) is 0 Å². The van der Waals surface area contributed by atoms with E-state index in [-0.39, 0.29) is 5.82 Å². The minimum atomic E-state index is -0.376. The molecule has 6 heteroatoms. The molecule has 0 unspecified atom stereocenters. The van der Waals surface area contributed by atoms with Gasteiger partial charge in [-0.05, 0) is 24.3 Å². The highest BCUT2D eigenvalue weighted by Crippen LogP contribution is 2.24. The normalized spacial score (nSPS) is 15.4. The molecule has 3 rings (SSSR count). The maximum absolute atomic E-state index is 13.9. The van der Waals surface area contributed by atoms with Crippen molar-refractivity contribution in [3.63, 3.8) is 0 Å². The summed E-state index contributed by atoms with van der Waals surface area (Å²) in [7, 11) is 0. The van der Waals surface area contributed by atoms with Gasteiger partial charge in [0.1, 0.15) is 0 Å². The second kappa shape index (κ2) is 6.08. The number of aromatic nitrogens is 1. The molecule has 1 fully saturated rings. The lowest BCUT2D eigenvalue weighted by atomic mass is 10.2. The first kappa shape index (κ1) is 14.4. The Hall–Kier alpha value is -1.52. The minimum absolute atomic E-state index is 0.314. The Bertz CT molecular complexity index is 643. The second-order valence-electron chi connectivity index (χ2n) is 4.91. The van der Waals surface area contributed by atoms with Crippen LogP contribution in [-0.4, -0.2) is 31.2 Å². The van der Waals surface area contributed by atoms with Crippen LogP contribution < -0.4 is 9.80 Å². The molecule has 2 heterocycles. The number of anilines is 2. The highest BCUT2D eigenvalue weighted by atomic mass is 35.5. The van der Waals surface area contributed by atoms with E-state index in [1.165, 1.54) is 12.3 Å². The molecule has 1 aromatic carbocycles. The quantitative estimate of drug-likeness (QED) is 0.835. The summed E-state index contributed by atoms with van der Waals surface area (Å²) < 4.78 is 13.9. The lowest BCUT2D eigenvalue weighted by Crippen LogP contribution is -2.47. The fourth-order valence-corrected chi connectivity index (χ4v) is 2.82. The molecule has 21 heavy (non-hydrogen) atoms. The highest BCUT2D eigenvalue weighted by molar-refractivity contribution is 6.31. The molecule has 0 amide bonds. The fourth-order valence-electron chi connectivity index (χ4n) is 2.49. The lowest BCUT2D eigenvalue weighted by molar-refractivity contribution is 0.588. The van der Waals surface area contributed by atoms with Crippen LogP contribution >= 0.6 is 23.2 Å². The molecule has 1 aromatic heterocycles. The zero-order valence-corrected chi connectivity index (χ0v) is 12.8. The van der Waals surface area contributed by atoms with E-state index in [0.29, 0.717) is 23.9 Å². The van der Waals surface area contributed by atoms with Crippen LogP contribution in [0.2, 0.25) is 10.0 Å². The third kappa shape index (κ3) is 3.22. The standard InChI is InChI=1S/C15H14Cl2FN3/c16-11-2-1-3-13(8-11)20-4-6-21(7-5-20)15-14(18)9-12(17)10-19-15/h1-3,8-10H,4-7H2. The van der Waals surface area contributed by atoms with Gasteiger partial charge in [-0.1, -0.05) is 29.3 Å². The molecule has 1 aliphatic rings. The molecule has 0 N–H and O–H groups in total. The van der Waals surface area contributed by atoms with E-state index in [4.69, 9.17) is 23.2 Å². The van der Waals surface area contributed by atoms with E-state index in [9.17, 15) is 4.39 Å². The maximum Gasteiger partial charge on any atom is 0.167 e. The number of hydrogen-bond acceptors (Lipinski definition) is 3. The molecule has 1 saturated heterocycles. The monoisotopic (exact) mass is 325 g/mol. The summed E-state index contributed by atoms with van der Waals surface area (Å²) in [6.07, 6.45) is 1.48. The largest absolute Gasteiger partial charge is 0.368 e. The molecule has 0 spiro atoms. The topological polar surface area (TPSA) is 19.4 Å². The third-order valence-corrected chi connectivity index (χ3v) is 3.98. The average Bonchev–Trinajstić information content (AvgIpc) is 2.47. The van der Waals surface area contributed by atoms with E-state index >= 15 is 0 Å². The van der Waals surface area contributed by atoms with Crippen LogP contribution in [0.1, 0.15) is 0 Å². The molecular weight excluding hydrogens is 312 g/mol. The van der Waals surface area contributed by atoms with E-state index in [1.54, 1.807) is 0 Å². The lowest BCUT2D eigenvalue weighted by Gasteiger charge is -2.36. The molecule has 110 valence electrons. The summed E-state index contributed by atoms with van der Waals surface area (Å²) in [6.45, 7) is 3.00. The maximum atomic E-state index is 13.9. The molecule has 0 atom stereocenters. The second-order valence-corrected chi connectivity index (χ2v) is 5.79. The molecule has 0 bridgehead atoms. The van der Waals surface area contributed by atoms with Gasteiger partial charge in [0.15, 0.2) is 11.6 Å². The van der Waals surface area contributed by atoms with Crippen molar-refractivity contribution in [2.75, 3.05) is 36.0 Å². The van der Waals surface area contributed by atoms with Crippen LogP contribution in [0.25, 0.3) is 0 Å². The Morgan fingerprint density at radius 1 is 0.952 bits per heavy atom. The summed E-state index contributed by atoms with van der Waals surface area (Å²) in [5, 5.41) is 1.04. The predicted molar refractivity (Wildman–Crippen MR) is 85.1 cm³/mol. The zero-order chi connectivity index (χ0) is 14.8. The van der Waals surface area contributed by atoms with Crippen molar-refractivity contribution in [2.24, 2.45) is 0 Å². The van der Waals surface area contributed by atoms with Crippen molar-refractivity contribution < 1.29 is 4.39 Å². The summed E-state index contributed by atoms with van der Waals surface area (Å²) in [6, 6.07) is 9.06. The van der Waals surface area contributed by atoms with Gasteiger partial charge in [0.2, 0.25) is 0 Å². The van der Waals surface area contributed by atoms with Crippen LogP contribution in [0.5, 0.6) is 0 Å². The van der Waals surface area contributed by atoms with Gasteiger partial charge in [0.05, 0.1) is 5.02 Å². The van der Waals surface area contributed by atoms with E-state index < -0.39 is 0 Å². The van der Waals surface area contributed by atoms with Crippen molar-refractivity contribution in [3.8, 4) is 0 Å². The Kier molecular flexibility index (Phi) is 4.17. The predicted octanol–water partition coefficient (Wildman–Crippen LogP) is 3.85. The zero-order valence-electron chi connectivity index (χ0n) is 11.3. The molecule has 2 aromatic rings. The summed E-state index contributed by atoms with van der Waals surface area (Å²) >= 11 is 11.7. The van der Waals surface area contributed by atoms with Gasteiger partial charge in [-0.2, -0.15) is 0 Å². The first-order chi connectivity index (χ1) is 10.1. The first-order valence-corrected chi connectivity index (χ1v) is 7.45. The number of halogens is 3. The molecule has 3 nitrogen and oxygen atoms in total. The van der Waals surface area contributed by atoms with Crippen molar-refractivity contribution >= 4 is 34.7 Å². The minimum Gasteiger partial charge on any atom is -0.368 e. The molecule has 0 radical (unpaired) electrons. The van der Waals surface area contributed by atoms with Gasteiger partial charge in [0.25, 0.3) is 0 Å². The van der Waals surface area contributed by atoms with E-state index in [2.05, 4.69) is 9.88 Å². The van der Waals surface area contributed by atoms with Gasteiger partial charge < -0.3 is 9.80 Å². The number of nitrogens with zero attached hydrogens (tertiary/aromatic N) is 3. The number of rotatable bonds is 2. The van der Waals surface area contributed by atoms with Crippen LogP contribution in [0.4, 0.5) is 15.9 Å². The Morgan fingerprint density at radius 2 is 1.67 bits per heavy atom. The van der Waals surface area contributed by atoms with Crippen molar-refractivity contribution in [1.82, 2.24) is 4.98 Å². The third-order valence-electron chi connectivity index (χ3n) is 3.54. The van der Waals surface area contributed by atoms with Gasteiger partial charge in [-0.25, -0.2) is 9.37 Å². The number of benzene rings is 1. The SMILES string of the molecule is Fc1cc(Cl)cnc1N1CCN(c2cccc(Cl)c2)CC1. The summed E-state index contributed by atoms with van der Waals surface area (Å²) in [5.74, 6) is -0.0103. The average molecular weight is 326 g/mol. The number of hydrogen-bond donors (Lipinski definition) is 0. The molecular formula is C15H14Cl2FN3. The molecule has 0 saturated carbocycles. The first-order valence-electron chi connectivity index (χ1n) is 6.70. The van der Waals surface area contributed by atoms with Crippen LogP contribution in [0, 0.1) is 5.82 Å². The van der Waals surface area contributed by atoms with Gasteiger partial charge in [-0.15, -0.1) is 0 Å². The Balaban J connectivity index is 1.70. The summed E-state index contributed by atoms with van der Waals surface area (Å²) in [4.78, 5) is 8.26. The van der Waals surface area contributed by atoms with Gasteiger partial charge in [0, 0.05) is 43.1 Å². The van der Waals surface area contributed by atoms with Crippen molar-refractivity contribution in [2.45, 2.75) is 0 Å². The van der Waals surface area contributed by atoms with E-state index in [0.717, 1.165) is 23.8 Å². The molecule has 1 aliphatic heterocycles. The van der Waals surface area contributed by atoms with E-state index in [1.807, 2.05) is 29.2 Å². The van der Waals surface area contributed by atoms with Gasteiger partial charge in [-0.3, -0.25) is 0 Å². The van der Waals surface area contributed by atoms with Crippen LogP contribution in [-0.2, 0) is 0 Å². The molecule has 0 aliphatic carbocycles. The Labute approximate surface area is 132 Å². The van der Waals surface area contributed by atoms with Crippen LogP contribution in [0.3, 0.4) is 0 Å². The smallest absolute Gasteiger partial charge is 0.167 e.